The van der Waals surface area contributed by atoms with Gasteiger partial charge in [-0.2, -0.15) is 8.78 Å². The van der Waals surface area contributed by atoms with Gasteiger partial charge in [-0.3, -0.25) is 9.59 Å². The molecule has 0 saturated carbocycles. The van der Waals surface area contributed by atoms with E-state index in [0.29, 0.717) is 6.42 Å². The van der Waals surface area contributed by atoms with Crippen LogP contribution in [0, 0.1) is 0 Å². The van der Waals surface area contributed by atoms with Crippen LogP contribution in [-0.4, -0.2) is 29.6 Å². The van der Waals surface area contributed by atoms with Crippen molar-refractivity contribution in [1.29, 1.82) is 0 Å². The van der Waals surface area contributed by atoms with Crippen LogP contribution in [0.2, 0.25) is 0 Å². The highest BCUT2D eigenvalue weighted by atomic mass is 19.3. The lowest BCUT2D eigenvalue weighted by atomic mass is 10.0. The number of carboxylic acids is 1. The predicted molar refractivity (Wildman–Crippen MR) is 91.3 cm³/mol. The Morgan fingerprint density at radius 1 is 1.04 bits per heavy atom. The first-order valence-corrected chi connectivity index (χ1v) is 8.06. The Balaban J connectivity index is 2.13. The van der Waals surface area contributed by atoms with E-state index in [1.165, 1.54) is 24.3 Å². The van der Waals surface area contributed by atoms with Crippen LogP contribution in [0.4, 0.5) is 8.78 Å². The third-order valence-electron chi connectivity index (χ3n) is 3.71. The zero-order chi connectivity index (χ0) is 18.9. The Morgan fingerprint density at radius 2 is 1.69 bits per heavy atom. The lowest BCUT2D eigenvalue weighted by molar-refractivity contribution is -0.137. The summed E-state index contributed by atoms with van der Waals surface area (Å²) >= 11 is 0. The van der Waals surface area contributed by atoms with Gasteiger partial charge in [0, 0.05) is 12.5 Å². The number of hydrogen-bond donors (Lipinski definition) is 2. The minimum Gasteiger partial charge on any atom is -0.481 e. The summed E-state index contributed by atoms with van der Waals surface area (Å²) in [6, 6.07) is 14.5. The number of carbonyl (C=O) groups excluding carboxylic acids is 1. The summed E-state index contributed by atoms with van der Waals surface area (Å²) in [6.07, 6.45) is 0.526. The van der Waals surface area contributed by atoms with E-state index in [0.717, 1.165) is 5.56 Å². The fraction of sp³-hybridized carbons (Fsp3) is 0.263. The van der Waals surface area contributed by atoms with Gasteiger partial charge in [0.15, 0.2) is 0 Å². The number of nitrogens with one attached hydrogen (secondary N) is 1. The van der Waals surface area contributed by atoms with Crippen LogP contribution in [0.1, 0.15) is 28.8 Å². The molecule has 0 aromatic heterocycles. The molecule has 1 unspecified atom stereocenters. The smallest absolute Gasteiger partial charge is 0.387 e. The summed E-state index contributed by atoms with van der Waals surface area (Å²) in [7, 11) is 0. The number of ether oxygens (including phenoxy) is 1. The summed E-state index contributed by atoms with van der Waals surface area (Å²) < 4.78 is 29.4. The summed E-state index contributed by atoms with van der Waals surface area (Å²) in [5, 5.41) is 11.6. The normalized spacial score (nSPS) is 11.8. The van der Waals surface area contributed by atoms with E-state index in [-0.39, 0.29) is 24.2 Å². The molecule has 0 aliphatic rings. The van der Waals surface area contributed by atoms with E-state index in [1.54, 1.807) is 0 Å². The van der Waals surface area contributed by atoms with Crippen molar-refractivity contribution in [3.63, 3.8) is 0 Å². The molecular formula is C19H19F2NO4. The van der Waals surface area contributed by atoms with E-state index < -0.39 is 24.5 Å². The van der Waals surface area contributed by atoms with Crippen LogP contribution < -0.4 is 10.1 Å². The number of carboxylic acid groups (broad SMARTS) is 1. The van der Waals surface area contributed by atoms with Crippen molar-refractivity contribution in [3.8, 4) is 5.75 Å². The average Bonchev–Trinajstić information content (AvgIpc) is 2.60. The fourth-order valence-electron chi connectivity index (χ4n) is 2.54. The van der Waals surface area contributed by atoms with Gasteiger partial charge in [-0.15, -0.1) is 0 Å². The second kappa shape index (κ2) is 9.50. The monoisotopic (exact) mass is 363 g/mol. The average molecular weight is 363 g/mol. The Labute approximate surface area is 149 Å². The molecule has 138 valence electrons. The Morgan fingerprint density at radius 3 is 2.35 bits per heavy atom. The zero-order valence-electron chi connectivity index (χ0n) is 13.9. The molecule has 26 heavy (non-hydrogen) atoms. The number of para-hydroxylation sites is 1. The highest BCUT2D eigenvalue weighted by molar-refractivity contribution is 5.97. The maximum absolute atomic E-state index is 12.5. The van der Waals surface area contributed by atoms with Gasteiger partial charge in [-0.1, -0.05) is 42.5 Å². The first-order chi connectivity index (χ1) is 12.5. The molecule has 1 atom stereocenters. The fourth-order valence-corrected chi connectivity index (χ4v) is 2.54. The Hall–Kier alpha value is -2.96. The van der Waals surface area contributed by atoms with Gasteiger partial charge in [0.2, 0.25) is 0 Å². The number of hydrogen-bond acceptors (Lipinski definition) is 3. The van der Waals surface area contributed by atoms with Gasteiger partial charge in [0.05, 0.1) is 5.56 Å². The molecule has 5 nitrogen and oxygen atoms in total. The second-order valence-corrected chi connectivity index (χ2v) is 5.67. The lowest BCUT2D eigenvalue weighted by Gasteiger charge is -2.19. The van der Waals surface area contributed by atoms with E-state index in [1.807, 2.05) is 30.3 Å². The van der Waals surface area contributed by atoms with Crippen LogP contribution in [0.25, 0.3) is 0 Å². The summed E-state index contributed by atoms with van der Waals surface area (Å²) in [5.41, 5.74) is 0.904. The van der Waals surface area contributed by atoms with E-state index in [9.17, 15) is 18.4 Å². The third kappa shape index (κ3) is 6.16. The Kier molecular flexibility index (Phi) is 7.08. The van der Waals surface area contributed by atoms with Crippen LogP contribution in [0.3, 0.4) is 0 Å². The maximum atomic E-state index is 12.5. The largest absolute Gasteiger partial charge is 0.481 e. The van der Waals surface area contributed by atoms with Crippen LogP contribution in [-0.2, 0) is 11.2 Å². The van der Waals surface area contributed by atoms with Gasteiger partial charge in [0.1, 0.15) is 5.75 Å². The first kappa shape index (κ1) is 19.4. The van der Waals surface area contributed by atoms with Gasteiger partial charge < -0.3 is 15.2 Å². The number of alkyl halides is 2. The topological polar surface area (TPSA) is 75.6 Å². The standard InChI is InChI=1S/C19H19F2NO4/c20-19(21)26-16-9-5-4-8-15(16)18(25)22-14(10-11-17(23)24)12-13-6-2-1-3-7-13/h1-9,14,19H,10-12H2,(H,22,25)(H,23,24). The highest BCUT2D eigenvalue weighted by Gasteiger charge is 2.19. The predicted octanol–water partition coefficient (Wildman–Crippen LogP) is 3.49. The van der Waals surface area contributed by atoms with Crippen LogP contribution in [0.15, 0.2) is 54.6 Å². The minimum atomic E-state index is -3.05. The van der Waals surface area contributed by atoms with Gasteiger partial charge in [0.25, 0.3) is 5.91 Å². The molecule has 0 spiro atoms. The van der Waals surface area contributed by atoms with Crippen molar-refractivity contribution < 1.29 is 28.2 Å². The molecule has 0 saturated heterocycles. The van der Waals surface area contributed by atoms with Crippen molar-refractivity contribution in [2.75, 3.05) is 0 Å². The number of carbonyl (C=O) groups is 2. The third-order valence-corrected chi connectivity index (χ3v) is 3.71. The molecule has 1 amide bonds. The van der Waals surface area contributed by atoms with E-state index in [4.69, 9.17) is 5.11 Å². The van der Waals surface area contributed by atoms with Gasteiger partial charge >= 0.3 is 12.6 Å². The van der Waals surface area contributed by atoms with Crippen molar-refractivity contribution in [2.24, 2.45) is 0 Å². The number of amides is 1. The van der Waals surface area contributed by atoms with Crippen LogP contribution in [0.5, 0.6) is 5.75 Å². The molecule has 2 aromatic rings. The maximum Gasteiger partial charge on any atom is 0.387 e. The molecule has 0 heterocycles. The quantitative estimate of drug-likeness (QED) is 0.715. The van der Waals surface area contributed by atoms with Gasteiger partial charge in [-0.25, -0.2) is 0 Å². The SMILES string of the molecule is O=C(O)CCC(Cc1ccccc1)NC(=O)c1ccccc1OC(F)F. The van der Waals surface area contributed by atoms with Crippen LogP contribution >= 0.6 is 0 Å². The molecule has 0 aliphatic carbocycles. The van der Waals surface area contributed by atoms with Crippen molar-refractivity contribution in [3.05, 3.63) is 65.7 Å². The van der Waals surface area contributed by atoms with E-state index in [2.05, 4.69) is 10.1 Å². The molecule has 0 fully saturated rings. The number of aliphatic carboxylic acids is 1. The molecule has 0 radical (unpaired) electrons. The van der Waals surface area contributed by atoms with Gasteiger partial charge in [-0.05, 0) is 30.5 Å². The summed E-state index contributed by atoms with van der Waals surface area (Å²) in [6.45, 7) is -3.05. The number of halogens is 2. The number of rotatable bonds is 9. The lowest BCUT2D eigenvalue weighted by Crippen LogP contribution is -2.37. The Bertz CT molecular complexity index is 737. The highest BCUT2D eigenvalue weighted by Crippen LogP contribution is 2.20. The zero-order valence-corrected chi connectivity index (χ0v) is 13.9. The first-order valence-electron chi connectivity index (χ1n) is 8.06. The molecule has 0 bridgehead atoms. The second-order valence-electron chi connectivity index (χ2n) is 5.67. The molecule has 2 aromatic carbocycles. The molecular weight excluding hydrogens is 344 g/mol. The molecule has 0 aliphatic heterocycles. The molecule has 2 rings (SSSR count). The summed E-state index contributed by atoms with van der Waals surface area (Å²) in [5.74, 6) is -1.79. The van der Waals surface area contributed by atoms with Crippen molar-refractivity contribution in [1.82, 2.24) is 5.32 Å². The number of benzene rings is 2. The van der Waals surface area contributed by atoms with Crippen molar-refractivity contribution in [2.45, 2.75) is 31.9 Å². The molecule has 7 heteroatoms. The summed E-state index contributed by atoms with van der Waals surface area (Å²) in [4.78, 5) is 23.4. The van der Waals surface area contributed by atoms with Crippen molar-refractivity contribution >= 4 is 11.9 Å². The van der Waals surface area contributed by atoms with E-state index >= 15 is 0 Å². The molecule has 2 N–H and O–H groups in total. The minimum absolute atomic E-state index is 0.0267.